The van der Waals surface area contributed by atoms with Crippen LogP contribution in [0.1, 0.15) is 11.3 Å². The van der Waals surface area contributed by atoms with E-state index in [0.29, 0.717) is 6.54 Å². The highest BCUT2D eigenvalue weighted by atomic mass is 79.9. The van der Waals surface area contributed by atoms with Crippen LogP contribution in [0.25, 0.3) is 5.69 Å². The highest BCUT2D eigenvalue weighted by molar-refractivity contribution is 9.10. The van der Waals surface area contributed by atoms with Gasteiger partial charge in [0.25, 0.3) is 0 Å². The average molecular weight is 280 g/mol. The van der Waals surface area contributed by atoms with Crippen LogP contribution in [0.3, 0.4) is 0 Å². The lowest BCUT2D eigenvalue weighted by atomic mass is 10.2. The van der Waals surface area contributed by atoms with Crippen molar-refractivity contribution in [3.8, 4) is 5.69 Å². The van der Waals surface area contributed by atoms with Gasteiger partial charge in [-0.05, 0) is 31.2 Å². The Kier molecular flexibility index (Phi) is 3.41. The predicted octanol–water partition coefficient (Wildman–Crippen LogP) is 2.44. The largest absolute Gasteiger partial charge is 0.330 e. The van der Waals surface area contributed by atoms with Crippen LogP contribution >= 0.6 is 15.9 Å². The summed E-state index contributed by atoms with van der Waals surface area (Å²) in [7, 11) is 0. The van der Waals surface area contributed by atoms with Crippen molar-refractivity contribution < 1.29 is 0 Å². The van der Waals surface area contributed by atoms with E-state index in [1.165, 1.54) is 5.56 Å². The molecular weight excluding hydrogens is 266 g/mol. The predicted molar refractivity (Wildman–Crippen MR) is 68.8 cm³/mol. The molecule has 0 bridgehead atoms. The number of imidazole rings is 1. The van der Waals surface area contributed by atoms with E-state index >= 15 is 0 Å². The quantitative estimate of drug-likeness (QED) is 0.938. The first-order chi connectivity index (χ1) is 7.70. The van der Waals surface area contributed by atoms with Crippen molar-refractivity contribution in [1.29, 1.82) is 0 Å². The normalized spacial score (nSPS) is 10.7. The Morgan fingerprint density at radius 2 is 2.25 bits per heavy atom. The van der Waals surface area contributed by atoms with E-state index in [1.807, 2.05) is 17.1 Å². The van der Waals surface area contributed by atoms with Crippen molar-refractivity contribution in [2.45, 2.75) is 13.3 Å². The van der Waals surface area contributed by atoms with Gasteiger partial charge in [0.05, 0.1) is 12.0 Å². The molecule has 1 aromatic heterocycles. The molecule has 2 N–H and O–H groups in total. The zero-order chi connectivity index (χ0) is 11.5. The van der Waals surface area contributed by atoms with Crippen molar-refractivity contribution in [2.24, 2.45) is 5.73 Å². The molecule has 0 aliphatic carbocycles. The first-order valence-corrected chi connectivity index (χ1v) is 5.99. The fourth-order valence-electron chi connectivity index (χ4n) is 1.52. The van der Waals surface area contributed by atoms with Gasteiger partial charge in [-0.1, -0.05) is 22.0 Å². The van der Waals surface area contributed by atoms with Crippen LogP contribution in [-0.2, 0) is 6.42 Å². The highest BCUT2D eigenvalue weighted by Crippen LogP contribution is 2.20. The number of nitrogens with two attached hydrogens (primary N) is 1. The number of hydrogen-bond acceptors (Lipinski definition) is 2. The van der Waals surface area contributed by atoms with Crippen molar-refractivity contribution in [2.75, 3.05) is 6.54 Å². The van der Waals surface area contributed by atoms with E-state index in [-0.39, 0.29) is 0 Å². The number of rotatable bonds is 3. The Morgan fingerprint density at radius 3 is 2.94 bits per heavy atom. The van der Waals surface area contributed by atoms with Crippen molar-refractivity contribution >= 4 is 15.9 Å². The molecule has 0 saturated carbocycles. The number of benzene rings is 1. The van der Waals surface area contributed by atoms with Crippen LogP contribution in [0.15, 0.2) is 35.2 Å². The Labute approximate surface area is 103 Å². The second-order valence-electron chi connectivity index (χ2n) is 3.74. The maximum Gasteiger partial charge on any atom is 0.0995 e. The number of aromatic nitrogens is 2. The summed E-state index contributed by atoms with van der Waals surface area (Å²) in [5.74, 6) is 0. The lowest BCUT2D eigenvalue weighted by Gasteiger charge is -2.04. The molecule has 0 amide bonds. The molecule has 4 heteroatoms. The van der Waals surface area contributed by atoms with Gasteiger partial charge in [0.2, 0.25) is 0 Å². The van der Waals surface area contributed by atoms with Crippen LogP contribution in [0.5, 0.6) is 0 Å². The summed E-state index contributed by atoms with van der Waals surface area (Å²) >= 11 is 3.53. The van der Waals surface area contributed by atoms with Gasteiger partial charge in [-0.25, -0.2) is 4.98 Å². The van der Waals surface area contributed by atoms with E-state index in [1.54, 1.807) is 0 Å². The van der Waals surface area contributed by atoms with Gasteiger partial charge in [0.15, 0.2) is 0 Å². The molecule has 0 aliphatic heterocycles. The number of aryl methyl sites for hydroxylation is 1. The molecular formula is C12H14BrN3. The van der Waals surface area contributed by atoms with Crippen LogP contribution in [0.2, 0.25) is 0 Å². The maximum atomic E-state index is 5.50. The third-order valence-electron chi connectivity index (χ3n) is 2.49. The first kappa shape index (κ1) is 11.4. The van der Waals surface area contributed by atoms with Crippen LogP contribution < -0.4 is 5.73 Å². The molecule has 2 rings (SSSR count). The maximum absolute atomic E-state index is 5.50. The van der Waals surface area contributed by atoms with Crippen LogP contribution in [-0.4, -0.2) is 16.1 Å². The molecule has 0 spiro atoms. The van der Waals surface area contributed by atoms with Gasteiger partial charge in [-0.2, -0.15) is 0 Å². The van der Waals surface area contributed by atoms with Crippen LogP contribution in [0.4, 0.5) is 0 Å². The molecule has 84 valence electrons. The highest BCUT2D eigenvalue weighted by Gasteiger charge is 2.02. The summed E-state index contributed by atoms with van der Waals surface area (Å²) < 4.78 is 3.12. The Morgan fingerprint density at radius 1 is 1.44 bits per heavy atom. The first-order valence-electron chi connectivity index (χ1n) is 5.20. The zero-order valence-electron chi connectivity index (χ0n) is 9.15. The molecule has 16 heavy (non-hydrogen) atoms. The van der Waals surface area contributed by atoms with Gasteiger partial charge in [-0.3, -0.25) is 0 Å². The molecule has 2 aromatic rings. The second kappa shape index (κ2) is 4.80. The molecule has 1 heterocycles. The smallest absolute Gasteiger partial charge is 0.0995 e. The third kappa shape index (κ3) is 2.33. The lowest BCUT2D eigenvalue weighted by molar-refractivity contribution is 0.934. The number of halogens is 1. The van der Waals surface area contributed by atoms with E-state index < -0.39 is 0 Å². The van der Waals surface area contributed by atoms with Crippen LogP contribution in [0, 0.1) is 6.92 Å². The summed E-state index contributed by atoms with van der Waals surface area (Å²) in [6.07, 6.45) is 4.66. The third-order valence-corrected chi connectivity index (χ3v) is 3.34. The fourth-order valence-corrected chi connectivity index (χ4v) is 1.89. The molecule has 3 nitrogen and oxygen atoms in total. The summed E-state index contributed by atoms with van der Waals surface area (Å²) in [4.78, 5) is 4.30. The summed E-state index contributed by atoms with van der Waals surface area (Å²) in [6.45, 7) is 2.70. The van der Waals surface area contributed by atoms with E-state index in [2.05, 4.69) is 46.0 Å². The number of hydrogen-bond donors (Lipinski definition) is 1. The Bertz CT molecular complexity index is 491. The average Bonchev–Trinajstić information content (AvgIpc) is 2.71. The van der Waals surface area contributed by atoms with Crippen molar-refractivity contribution in [3.63, 3.8) is 0 Å². The number of nitrogens with zero attached hydrogens (tertiary/aromatic N) is 2. The summed E-state index contributed by atoms with van der Waals surface area (Å²) in [5.41, 5.74) is 8.86. The zero-order valence-corrected chi connectivity index (χ0v) is 10.7. The lowest BCUT2D eigenvalue weighted by Crippen LogP contribution is -2.02. The minimum absolute atomic E-state index is 0.634. The molecule has 0 saturated heterocycles. The summed E-state index contributed by atoms with van der Waals surface area (Å²) in [5, 5.41) is 0. The Hall–Kier alpha value is -1.13. The standard InChI is InChI=1S/C12H14BrN3/c1-9-2-3-11(6-12(9)13)16-7-10(4-5-14)15-8-16/h2-3,6-8H,4-5,14H2,1H3. The minimum atomic E-state index is 0.634. The van der Waals surface area contributed by atoms with E-state index in [4.69, 9.17) is 5.73 Å². The molecule has 0 aliphatic rings. The monoisotopic (exact) mass is 279 g/mol. The molecule has 0 atom stereocenters. The summed E-state index contributed by atoms with van der Waals surface area (Å²) in [6, 6.07) is 6.25. The second-order valence-corrected chi connectivity index (χ2v) is 4.60. The molecule has 0 unspecified atom stereocenters. The van der Waals surface area contributed by atoms with Crippen molar-refractivity contribution in [3.05, 3.63) is 46.5 Å². The fraction of sp³-hybridized carbons (Fsp3) is 0.250. The van der Waals surface area contributed by atoms with Gasteiger partial charge in [0.1, 0.15) is 0 Å². The van der Waals surface area contributed by atoms with Gasteiger partial charge in [-0.15, -0.1) is 0 Å². The van der Waals surface area contributed by atoms with Gasteiger partial charge >= 0.3 is 0 Å². The van der Waals surface area contributed by atoms with E-state index in [0.717, 1.165) is 22.3 Å². The van der Waals surface area contributed by atoms with Gasteiger partial charge < -0.3 is 10.3 Å². The Balaban J connectivity index is 2.31. The molecule has 0 fully saturated rings. The molecule has 0 radical (unpaired) electrons. The minimum Gasteiger partial charge on any atom is -0.330 e. The van der Waals surface area contributed by atoms with Gasteiger partial charge in [0, 0.05) is 22.8 Å². The van der Waals surface area contributed by atoms with E-state index in [9.17, 15) is 0 Å². The molecule has 1 aromatic carbocycles. The SMILES string of the molecule is Cc1ccc(-n2cnc(CCN)c2)cc1Br. The topological polar surface area (TPSA) is 43.8 Å². The van der Waals surface area contributed by atoms with Crippen molar-refractivity contribution in [1.82, 2.24) is 9.55 Å².